The van der Waals surface area contributed by atoms with Crippen molar-refractivity contribution in [3.63, 3.8) is 0 Å². The lowest BCUT2D eigenvalue weighted by Gasteiger charge is -2.42. The molecule has 17 heteroatoms. The zero-order chi connectivity index (χ0) is 47.0. The third-order valence-corrected chi connectivity index (χ3v) is 14.8. The van der Waals surface area contributed by atoms with E-state index in [2.05, 4.69) is 82.5 Å². The van der Waals surface area contributed by atoms with Crippen molar-refractivity contribution in [1.82, 2.24) is 45.0 Å². The van der Waals surface area contributed by atoms with Crippen molar-refractivity contribution in [3.05, 3.63) is 58.2 Å². The van der Waals surface area contributed by atoms with Crippen LogP contribution in [0.4, 0.5) is 4.79 Å². The molecule has 6 heterocycles. The van der Waals surface area contributed by atoms with Gasteiger partial charge in [-0.15, -0.1) is 11.3 Å². The molecule has 1 aromatic carbocycles. The van der Waals surface area contributed by atoms with Crippen LogP contribution in [0, 0.1) is 11.3 Å². The van der Waals surface area contributed by atoms with Gasteiger partial charge in [0.1, 0.15) is 17.2 Å². The van der Waals surface area contributed by atoms with Gasteiger partial charge in [-0.1, -0.05) is 33.8 Å². The number of pyridine rings is 1. The molecule has 65 heavy (non-hydrogen) atoms. The Balaban J connectivity index is 1.29. The smallest absolute Gasteiger partial charge is 0.323 e. The lowest BCUT2D eigenvalue weighted by atomic mass is 9.84. The van der Waals surface area contributed by atoms with Gasteiger partial charge in [0, 0.05) is 92.3 Å². The Bertz CT molecular complexity index is 2400. The summed E-state index contributed by atoms with van der Waals surface area (Å²) in [6, 6.07) is 8.26. The second-order valence-electron chi connectivity index (χ2n) is 19.3. The van der Waals surface area contributed by atoms with Crippen molar-refractivity contribution in [3.8, 4) is 22.5 Å². The van der Waals surface area contributed by atoms with Gasteiger partial charge in [0.05, 0.1) is 45.0 Å². The molecule has 2 fully saturated rings. The maximum atomic E-state index is 14.7. The largest absolute Gasteiger partial charge is 0.464 e. The first kappa shape index (κ1) is 48.3. The summed E-state index contributed by atoms with van der Waals surface area (Å²) in [4.78, 5) is 72.8. The van der Waals surface area contributed by atoms with Gasteiger partial charge in [-0.3, -0.25) is 24.4 Å². The van der Waals surface area contributed by atoms with E-state index in [1.165, 1.54) is 21.2 Å². The van der Waals surface area contributed by atoms with Gasteiger partial charge >= 0.3 is 12.0 Å². The zero-order valence-electron chi connectivity index (χ0n) is 39.7. The monoisotopic (exact) mass is 924 g/mol. The van der Waals surface area contributed by atoms with Crippen molar-refractivity contribution in [2.24, 2.45) is 11.3 Å². The number of hydrogen-bond donors (Lipinski definition) is 2. The Hall–Kier alpha value is -4.68. The molecule has 15 nitrogen and oxygen atoms in total. The van der Waals surface area contributed by atoms with Gasteiger partial charge in [0.15, 0.2) is 0 Å². The number of nitrogens with one attached hydrogen (secondary N) is 2. The number of carbonyl (C=O) groups excluding carboxylic acids is 4. The number of hydrogen-bond acceptors (Lipinski definition) is 11. The van der Waals surface area contributed by atoms with Crippen molar-refractivity contribution in [1.29, 1.82) is 0 Å². The summed E-state index contributed by atoms with van der Waals surface area (Å²) in [5.74, 6) is -1.69. The van der Waals surface area contributed by atoms with E-state index in [1.807, 2.05) is 32.2 Å². The second-order valence-corrected chi connectivity index (χ2v) is 21.1. The Kier molecular flexibility index (Phi) is 14.6. The average Bonchev–Trinajstić information content (AvgIpc) is 3.88. The van der Waals surface area contributed by atoms with E-state index >= 15 is 0 Å². The molecule has 5 atom stereocenters. The summed E-state index contributed by atoms with van der Waals surface area (Å²) in [5.41, 5.74) is 9.28. The highest BCUT2D eigenvalue weighted by molar-refractivity contribution is 7.10. The molecule has 2 N–H and O–H groups in total. The summed E-state index contributed by atoms with van der Waals surface area (Å²) in [6.07, 6.45) is 4.92. The maximum absolute atomic E-state index is 14.7. The third kappa shape index (κ3) is 10.0. The van der Waals surface area contributed by atoms with Gasteiger partial charge in [0.25, 0.3) is 5.91 Å². The van der Waals surface area contributed by atoms with Crippen LogP contribution in [0.15, 0.2) is 41.9 Å². The van der Waals surface area contributed by atoms with Gasteiger partial charge in [0.2, 0.25) is 5.91 Å². The predicted octanol–water partition coefficient (Wildman–Crippen LogP) is 5.80. The molecule has 3 aromatic heterocycles. The molecule has 3 aliphatic rings. The molecule has 349 valence electrons. The van der Waals surface area contributed by atoms with Crippen LogP contribution in [0.1, 0.15) is 89.6 Å². The van der Waals surface area contributed by atoms with E-state index in [0.29, 0.717) is 37.4 Å². The number of cyclic esters (lactones) is 1. The third-order valence-electron chi connectivity index (χ3n) is 13.3. The van der Waals surface area contributed by atoms with Gasteiger partial charge < -0.3 is 34.1 Å². The first-order valence-corrected chi connectivity index (χ1v) is 24.3. The number of carbonyl (C=O) groups is 4. The number of thiazole rings is 1. The van der Waals surface area contributed by atoms with E-state index in [1.54, 1.807) is 32.3 Å². The number of aryl methyl sites for hydroxylation is 1. The second kappa shape index (κ2) is 19.7. The standard InChI is InChI=1S/C48H66N9O6SSi/c1-11-56-38-18-17-31-23-34(38)35(42(56)33-16-12-20-49-40(33)30(4)62-10)25-47(5,6)28-63-45(60)48(65)19-14-22-57(52-48)44(59)36(24-39-50-37(31)27-64-39)51-43(58)41(29(2)3)55(9)46(61)54(8)32-15-13-21-53(7)26-32/h12,16-18,20,23,27,29-30,32,36,41,52H,11,13-15,19,21-22,24-26,28H2,1-10H3,(H,51,58)/t30-,32+,36-,41-,48-/m0/s1. The minimum Gasteiger partial charge on any atom is -0.464 e. The number of nitrogens with zero attached hydrogens (tertiary/aromatic N) is 7. The van der Waals surface area contributed by atoms with Crippen LogP contribution < -0.4 is 10.7 Å². The fraction of sp³-hybridized carbons (Fsp3) is 0.583. The summed E-state index contributed by atoms with van der Waals surface area (Å²) in [5, 5.41) is 6.76. The molecule has 4 amide bonds. The van der Waals surface area contributed by atoms with Crippen LogP contribution >= 0.6 is 11.3 Å². The number of methoxy groups -OCH3 is 1. The highest BCUT2D eigenvalue weighted by Crippen LogP contribution is 2.42. The zero-order valence-corrected chi connectivity index (χ0v) is 41.5. The summed E-state index contributed by atoms with van der Waals surface area (Å²) in [7, 11) is 10.9. The molecule has 3 aliphatic heterocycles. The normalized spacial score (nSPS) is 22.9. The highest BCUT2D eigenvalue weighted by Gasteiger charge is 2.44. The number of urea groups is 1. The van der Waals surface area contributed by atoms with E-state index in [0.717, 1.165) is 70.6 Å². The number of benzene rings is 1. The molecule has 3 radical (unpaired) electrons. The first-order valence-electron chi connectivity index (χ1n) is 22.9. The minimum atomic E-state index is -1.40. The fourth-order valence-electron chi connectivity index (χ4n) is 9.79. The van der Waals surface area contributed by atoms with E-state index in [4.69, 9.17) is 19.4 Å². The van der Waals surface area contributed by atoms with Crippen molar-refractivity contribution < 1.29 is 28.7 Å². The van der Waals surface area contributed by atoms with Crippen LogP contribution in [-0.2, 0) is 43.2 Å². The fourth-order valence-corrected chi connectivity index (χ4v) is 11.0. The SMILES string of the molecule is CCn1c(-c2cccnc2[C@H](C)OC)c2c3cc(ccc31)-c1csc(n1)C[C@H](NC(=O)[C@H](C(C)C)N(C)C(=O)N(C)[C@@H]1CCCN(C)C1)C(=O)N1CCC[C@@]([Si])(N1)C(=O)OCC(C)(C)C2. The number of fused-ring (bicyclic) bond motifs is 6. The number of aromatic nitrogens is 3. The van der Waals surface area contributed by atoms with Crippen molar-refractivity contribution in [2.45, 2.75) is 116 Å². The Morgan fingerprint density at radius 2 is 1.91 bits per heavy atom. The van der Waals surface area contributed by atoms with Crippen molar-refractivity contribution in [2.75, 3.05) is 54.5 Å². The Labute approximate surface area is 391 Å². The highest BCUT2D eigenvalue weighted by atomic mass is 32.1. The molecular weight excluding hydrogens is 859 g/mol. The molecule has 4 aromatic rings. The van der Waals surface area contributed by atoms with Crippen LogP contribution in [0.2, 0.25) is 0 Å². The number of rotatable bonds is 9. The number of likely N-dealkylation sites (tertiary alicyclic amines) is 1. The van der Waals surface area contributed by atoms with E-state index in [-0.39, 0.29) is 37.1 Å². The summed E-state index contributed by atoms with van der Waals surface area (Å²) < 4.78 is 14.3. The average molecular weight is 925 g/mol. The molecule has 0 saturated carbocycles. The molecule has 0 aliphatic carbocycles. The number of likely N-dealkylation sites (N-methyl/N-ethyl adjacent to an activating group) is 3. The Morgan fingerprint density at radius 3 is 2.62 bits per heavy atom. The molecule has 2 saturated heterocycles. The number of esters is 1. The topological polar surface area (TPSA) is 154 Å². The molecular formula is C48H66N9O6SSi. The van der Waals surface area contributed by atoms with E-state index < -0.39 is 40.4 Å². The summed E-state index contributed by atoms with van der Waals surface area (Å²) in [6.45, 7) is 14.9. The van der Waals surface area contributed by atoms with Gasteiger partial charge in [-0.2, -0.15) is 0 Å². The number of amides is 4. The molecule has 7 rings (SSSR count). The first-order chi connectivity index (χ1) is 30.9. The number of hydrazine groups is 1. The maximum Gasteiger partial charge on any atom is 0.323 e. The molecule has 0 spiro atoms. The lowest BCUT2D eigenvalue weighted by Crippen LogP contribution is -2.67. The summed E-state index contributed by atoms with van der Waals surface area (Å²) >= 11 is 1.42. The number of ether oxygens (including phenoxy) is 2. The lowest BCUT2D eigenvalue weighted by molar-refractivity contribution is -0.158. The Morgan fingerprint density at radius 1 is 1.14 bits per heavy atom. The molecule has 6 bridgehead atoms. The van der Waals surface area contributed by atoms with Crippen molar-refractivity contribution >= 4 is 56.3 Å². The quantitative estimate of drug-likeness (QED) is 0.156. The minimum absolute atomic E-state index is 0.0222. The van der Waals surface area contributed by atoms with Gasteiger partial charge in [-0.25, -0.2) is 15.2 Å². The van der Waals surface area contributed by atoms with Crippen LogP contribution in [-0.4, -0.2) is 146 Å². The number of piperidine rings is 1. The van der Waals surface area contributed by atoms with E-state index in [9.17, 15) is 19.2 Å². The predicted molar refractivity (Wildman–Crippen MR) is 254 cm³/mol. The van der Waals surface area contributed by atoms with Gasteiger partial charge in [-0.05, 0) is 95.3 Å². The molecule has 0 unspecified atom stereocenters. The van der Waals surface area contributed by atoms with Crippen LogP contribution in [0.25, 0.3) is 33.4 Å². The van der Waals surface area contributed by atoms with Crippen LogP contribution in [0.5, 0.6) is 0 Å². The van der Waals surface area contributed by atoms with Crippen LogP contribution in [0.3, 0.4) is 0 Å².